The van der Waals surface area contributed by atoms with E-state index < -0.39 is 32.5 Å². The minimum atomic E-state index is -5.26. The van der Waals surface area contributed by atoms with Crippen LogP contribution in [0.15, 0.2) is 60.7 Å². The molecule has 168 valence electrons. The van der Waals surface area contributed by atoms with Crippen molar-refractivity contribution in [2.75, 3.05) is 6.16 Å². The van der Waals surface area contributed by atoms with Crippen LogP contribution in [-0.2, 0) is 0 Å². The van der Waals surface area contributed by atoms with Gasteiger partial charge in [-0.2, -0.15) is 26.3 Å². The van der Waals surface area contributed by atoms with E-state index in [9.17, 15) is 26.3 Å². The molecule has 2 aromatic rings. The van der Waals surface area contributed by atoms with Crippen molar-refractivity contribution in [2.24, 2.45) is 0 Å². The van der Waals surface area contributed by atoms with Crippen molar-refractivity contribution < 1.29 is 26.3 Å². The van der Waals surface area contributed by atoms with Crippen molar-refractivity contribution >= 4 is 8.58 Å². The van der Waals surface area contributed by atoms with Gasteiger partial charge in [-0.1, -0.05) is 93.8 Å². The summed E-state index contributed by atoms with van der Waals surface area (Å²) in [6, 6.07) is 20.8. The summed E-state index contributed by atoms with van der Waals surface area (Å²) in [6.07, 6.45) is 0.147. The molecule has 0 radical (unpaired) electrons. The van der Waals surface area contributed by atoms with E-state index in [0.29, 0.717) is 12.8 Å². The van der Waals surface area contributed by atoms with Crippen LogP contribution in [0.5, 0.6) is 0 Å². The fourth-order valence-corrected chi connectivity index (χ4v) is 3.60. The zero-order valence-corrected chi connectivity index (χ0v) is 18.3. The predicted octanol–water partition coefficient (Wildman–Crippen LogP) is 8.87. The molecule has 0 amide bonds. The van der Waals surface area contributed by atoms with Gasteiger partial charge in [-0.3, -0.25) is 0 Å². The molecule has 1 unspecified atom stereocenters. The van der Waals surface area contributed by atoms with Gasteiger partial charge in [0, 0.05) is 6.42 Å². The minimum Gasteiger partial charge on any atom is -0.200 e. The maximum Gasteiger partial charge on any atom is 0.375 e. The number of halogens is 6. The number of alkyl halides is 6. The van der Waals surface area contributed by atoms with E-state index in [-0.39, 0.29) is 12.6 Å². The Morgan fingerprint density at radius 2 is 1.13 bits per heavy atom. The highest BCUT2D eigenvalue weighted by molar-refractivity contribution is 7.39. The van der Waals surface area contributed by atoms with E-state index in [1.165, 1.54) is 18.1 Å². The monoisotopic (exact) mass is 450 g/mol. The largest absolute Gasteiger partial charge is 0.375 e. The van der Waals surface area contributed by atoms with Crippen molar-refractivity contribution in [3.8, 4) is 11.1 Å². The number of benzene rings is 2. The first-order valence-electron chi connectivity index (χ1n) is 10.1. The van der Waals surface area contributed by atoms with E-state index in [1.807, 2.05) is 19.1 Å². The quantitative estimate of drug-likeness (QED) is 0.193. The Balaban J connectivity index is 0.000000321. The molecule has 30 heavy (non-hydrogen) atoms. The first-order chi connectivity index (χ1) is 14.1. The van der Waals surface area contributed by atoms with E-state index in [2.05, 4.69) is 48.5 Å². The van der Waals surface area contributed by atoms with Crippen LogP contribution in [0.2, 0.25) is 0 Å². The molecule has 2 rings (SSSR count). The molecule has 0 nitrogen and oxygen atoms in total. The van der Waals surface area contributed by atoms with Gasteiger partial charge in [-0.15, -0.1) is 0 Å². The zero-order valence-electron chi connectivity index (χ0n) is 17.3. The molecule has 7 heteroatoms. The Bertz CT molecular complexity index is 667. The molecule has 0 spiro atoms. The smallest absolute Gasteiger partial charge is 0.200 e. The molecule has 0 heterocycles. The highest BCUT2D eigenvalue weighted by Gasteiger charge is 2.70. The van der Waals surface area contributed by atoms with E-state index in [4.69, 9.17) is 0 Å². The summed E-state index contributed by atoms with van der Waals surface area (Å²) >= 11 is 0. The van der Waals surface area contributed by atoms with E-state index >= 15 is 0 Å². The molecule has 1 atom stereocenters. The van der Waals surface area contributed by atoms with Gasteiger partial charge in [0.25, 0.3) is 0 Å². The fraction of sp³-hybridized carbons (Fsp3) is 0.478. The van der Waals surface area contributed by atoms with Crippen LogP contribution in [0, 0.1) is 0 Å². The van der Waals surface area contributed by atoms with Gasteiger partial charge >= 0.3 is 17.5 Å². The second kappa shape index (κ2) is 12.3. The Labute approximate surface area is 176 Å². The van der Waals surface area contributed by atoms with Crippen molar-refractivity contribution in [3.05, 3.63) is 60.7 Å². The lowest BCUT2D eigenvalue weighted by atomic mass is 10.0. The van der Waals surface area contributed by atoms with Gasteiger partial charge in [0.1, 0.15) is 0 Å². The van der Waals surface area contributed by atoms with Gasteiger partial charge in [0.05, 0.1) is 0 Å². The summed E-state index contributed by atoms with van der Waals surface area (Å²) in [5, 5.41) is 0. The number of hydrogen-bond donors (Lipinski definition) is 0. The zero-order chi connectivity index (χ0) is 22.7. The second-order valence-corrected chi connectivity index (χ2v) is 8.61. The number of unbranched alkanes of at least 4 members (excludes halogenated alkanes) is 3. The Morgan fingerprint density at radius 3 is 1.53 bits per heavy atom. The maximum absolute atomic E-state index is 13.2. The van der Waals surface area contributed by atoms with Gasteiger partial charge < -0.3 is 0 Å². The summed E-state index contributed by atoms with van der Waals surface area (Å²) < 4.78 is 78.9. The van der Waals surface area contributed by atoms with E-state index in [0.717, 1.165) is 6.42 Å². The van der Waals surface area contributed by atoms with Crippen molar-refractivity contribution in [3.63, 3.8) is 0 Å². The van der Waals surface area contributed by atoms with Crippen molar-refractivity contribution in [2.45, 2.75) is 63.5 Å². The molecule has 0 saturated heterocycles. The lowest BCUT2D eigenvalue weighted by Crippen LogP contribution is -2.51. The minimum absolute atomic E-state index is 0.165. The molecular formula is C23H29F6P. The third kappa shape index (κ3) is 7.61. The summed E-state index contributed by atoms with van der Waals surface area (Å²) in [4.78, 5) is 0. The topological polar surface area (TPSA) is 0 Å². The first kappa shape index (κ1) is 26.5. The van der Waals surface area contributed by atoms with Crippen LogP contribution < -0.4 is 0 Å². The molecule has 0 aliphatic carbocycles. The summed E-state index contributed by atoms with van der Waals surface area (Å²) in [5.41, 5.74) is -2.08. The first-order valence-corrected chi connectivity index (χ1v) is 11.3. The van der Waals surface area contributed by atoms with Crippen LogP contribution in [0.25, 0.3) is 11.1 Å². The number of rotatable bonds is 10. The molecule has 0 aliphatic rings. The predicted molar refractivity (Wildman–Crippen MR) is 114 cm³/mol. The van der Waals surface area contributed by atoms with Gasteiger partial charge in [0.2, 0.25) is 0 Å². The van der Waals surface area contributed by atoms with Crippen LogP contribution in [-0.4, -0.2) is 23.7 Å². The lowest BCUT2D eigenvalue weighted by Gasteiger charge is -2.32. The van der Waals surface area contributed by atoms with Gasteiger partial charge in [0.15, 0.2) is 0 Å². The van der Waals surface area contributed by atoms with Crippen LogP contribution in [0.4, 0.5) is 26.3 Å². The SMILES string of the molecule is CCCCCCC(F)(F)C(F)(F)C(F)(F)PCC.c1ccc(-c2ccccc2)cc1. The van der Waals surface area contributed by atoms with Crippen molar-refractivity contribution in [1.29, 1.82) is 0 Å². The Kier molecular flexibility index (Phi) is 10.9. The molecular weight excluding hydrogens is 421 g/mol. The van der Waals surface area contributed by atoms with Crippen LogP contribution in [0.3, 0.4) is 0 Å². The van der Waals surface area contributed by atoms with Crippen LogP contribution >= 0.6 is 8.58 Å². The summed E-state index contributed by atoms with van der Waals surface area (Å²) in [7, 11) is -1.49. The molecule has 2 aromatic carbocycles. The second-order valence-electron chi connectivity index (χ2n) is 6.93. The fourth-order valence-electron chi connectivity index (χ4n) is 2.75. The number of hydrogen-bond acceptors (Lipinski definition) is 0. The van der Waals surface area contributed by atoms with Gasteiger partial charge in [-0.05, 0) is 32.3 Å². The van der Waals surface area contributed by atoms with E-state index in [1.54, 1.807) is 0 Å². The maximum atomic E-state index is 13.2. The summed E-state index contributed by atoms with van der Waals surface area (Å²) in [5.74, 6) is -9.91. The molecule has 0 saturated carbocycles. The third-order valence-electron chi connectivity index (χ3n) is 4.48. The highest BCUT2D eigenvalue weighted by Crippen LogP contribution is 2.55. The molecule has 0 N–H and O–H groups in total. The third-order valence-corrected chi connectivity index (χ3v) is 5.59. The summed E-state index contributed by atoms with van der Waals surface area (Å²) in [6.45, 7) is 3.10. The van der Waals surface area contributed by atoms with Crippen molar-refractivity contribution in [1.82, 2.24) is 0 Å². The molecule has 0 fully saturated rings. The van der Waals surface area contributed by atoms with Gasteiger partial charge in [-0.25, -0.2) is 0 Å². The molecule has 0 aromatic heterocycles. The Morgan fingerprint density at radius 1 is 0.667 bits per heavy atom. The molecule has 0 aliphatic heterocycles. The highest BCUT2D eigenvalue weighted by atomic mass is 31.1. The standard InChI is InChI=1S/C12H10.C11H19F6P/c1-3-7-11(8-4-1)12-9-5-2-6-10-12;1-3-5-6-7-8-9(12,13)10(14,15)11(16,17)18-4-2/h1-10H;18H,3-8H2,1-2H3. The average molecular weight is 450 g/mol. The Hall–Kier alpha value is -1.55. The lowest BCUT2D eigenvalue weighted by molar-refractivity contribution is -0.280. The van der Waals surface area contributed by atoms with Crippen LogP contribution in [0.1, 0.15) is 46.0 Å². The normalized spacial score (nSPS) is 12.7. The molecule has 0 bridgehead atoms. The average Bonchev–Trinajstić information content (AvgIpc) is 2.73.